The van der Waals surface area contributed by atoms with Crippen molar-refractivity contribution in [3.8, 4) is 34.0 Å². The van der Waals surface area contributed by atoms with Crippen LogP contribution in [0.2, 0.25) is 0 Å². The molecule has 0 saturated heterocycles. The molecule has 1 aliphatic rings. The van der Waals surface area contributed by atoms with Crippen LogP contribution in [0.1, 0.15) is 22.6 Å². The summed E-state index contributed by atoms with van der Waals surface area (Å²) in [7, 11) is -3.29. The summed E-state index contributed by atoms with van der Waals surface area (Å²) in [6.07, 6.45) is 4.86. The number of rotatable bonds is 6. The Morgan fingerprint density at radius 1 is 1.03 bits per heavy atom. The molecule has 0 radical (unpaired) electrons. The molecule has 1 N–H and O–H groups in total. The fourth-order valence-corrected chi connectivity index (χ4v) is 5.26. The second kappa shape index (κ2) is 9.26. The van der Waals surface area contributed by atoms with Crippen molar-refractivity contribution in [1.82, 2.24) is 34.0 Å². The number of aromatic nitrogens is 6. The zero-order chi connectivity index (χ0) is 26.4. The second-order valence-corrected chi connectivity index (χ2v) is 11.3. The number of hydrogen-bond donors (Lipinski definition) is 1. The maximum atomic E-state index is 13.4. The van der Waals surface area contributed by atoms with E-state index in [4.69, 9.17) is 5.10 Å². The van der Waals surface area contributed by atoms with Crippen LogP contribution in [0, 0.1) is 12.7 Å². The summed E-state index contributed by atoms with van der Waals surface area (Å²) in [5, 5.41) is 4.84. The Morgan fingerprint density at radius 2 is 1.84 bits per heavy atom. The third kappa shape index (κ3) is 4.73. The zero-order valence-corrected chi connectivity index (χ0v) is 21.6. The molecular weight excluding hydrogens is 505 g/mol. The van der Waals surface area contributed by atoms with Gasteiger partial charge in [-0.25, -0.2) is 17.8 Å². The van der Waals surface area contributed by atoms with Crippen LogP contribution in [0.15, 0.2) is 67.0 Å². The van der Waals surface area contributed by atoms with Crippen molar-refractivity contribution in [1.29, 1.82) is 0 Å². The van der Waals surface area contributed by atoms with Crippen LogP contribution < -0.4 is 0 Å². The van der Waals surface area contributed by atoms with Crippen LogP contribution in [0.3, 0.4) is 0 Å². The Morgan fingerprint density at radius 3 is 2.58 bits per heavy atom. The zero-order valence-electron chi connectivity index (χ0n) is 20.8. The van der Waals surface area contributed by atoms with E-state index in [0.717, 1.165) is 39.5 Å². The average molecular weight is 530 g/mol. The summed E-state index contributed by atoms with van der Waals surface area (Å²) in [5.41, 5.74) is 7.14. The second-order valence-electron chi connectivity index (χ2n) is 9.35. The minimum absolute atomic E-state index is 0.240. The molecule has 1 aliphatic heterocycles. The molecule has 0 atom stereocenters. The molecular formula is C27H24FN7O2S. The molecule has 38 heavy (non-hydrogen) atoms. The number of aromatic amines is 1. The van der Waals surface area contributed by atoms with Gasteiger partial charge >= 0.3 is 0 Å². The number of imidazole rings is 1. The van der Waals surface area contributed by atoms with E-state index in [9.17, 15) is 12.8 Å². The standard InChI is InChI=1S/C27H24FN7O2S/c1-17-4-3-5-22(30-17)26-21(14-34(33-26)13-18-6-8-20(28)9-7-18)19-10-11-29-23(12-19)27-31-24-15-35(38(2,36)37)16-25(24)32-27/h3-12,14H,13,15-16H2,1-2H3,(H,31,32). The average Bonchev–Trinajstić information content (AvgIpc) is 3.59. The molecule has 0 bridgehead atoms. The van der Waals surface area contributed by atoms with Crippen molar-refractivity contribution < 1.29 is 12.8 Å². The first kappa shape index (κ1) is 24.1. The number of H-pyrrole nitrogens is 1. The van der Waals surface area contributed by atoms with Gasteiger partial charge in [0.1, 0.15) is 17.2 Å². The summed E-state index contributed by atoms with van der Waals surface area (Å²) in [4.78, 5) is 17.1. The van der Waals surface area contributed by atoms with E-state index in [2.05, 4.69) is 19.9 Å². The van der Waals surface area contributed by atoms with Crippen molar-refractivity contribution in [2.24, 2.45) is 0 Å². The maximum Gasteiger partial charge on any atom is 0.211 e. The Bertz CT molecular complexity index is 1740. The van der Waals surface area contributed by atoms with E-state index in [1.54, 1.807) is 18.3 Å². The van der Waals surface area contributed by atoms with Gasteiger partial charge in [0.25, 0.3) is 0 Å². The highest BCUT2D eigenvalue weighted by Gasteiger charge is 2.29. The van der Waals surface area contributed by atoms with E-state index in [1.165, 1.54) is 22.7 Å². The van der Waals surface area contributed by atoms with Gasteiger partial charge in [-0.15, -0.1) is 0 Å². The van der Waals surface area contributed by atoms with Crippen molar-refractivity contribution in [2.75, 3.05) is 6.26 Å². The summed E-state index contributed by atoms with van der Waals surface area (Å²) in [6.45, 7) is 2.91. The predicted octanol–water partition coefficient (Wildman–Crippen LogP) is 4.17. The summed E-state index contributed by atoms with van der Waals surface area (Å²) >= 11 is 0. The maximum absolute atomic E-state index is 13.4. The van der Waals surface area contributed by atoms with Crippen molar-refractivity contribution in [3.05, 3.63) is 95.5 Å². The molecule has 0 amide bonds. The van der Waals surface area contributed by atoms with Crippen LogP contribution in [0.25, 0.3) is 34.0 Å². The number of hydrogen-bond acceptors (Lipinski definition) is 6. The van der Waals surface area contributed by atoms with E-state index >= 15 is 0 Å². The molecule has 0 saturated carbocycles. The molecule has 5 aromatic rings. The van der Waals surface area contributed by atoms with E-state index < -0.39 is 10.0 Å². The molecule has 4 aromatic heterocycles. The molecule has 192 valence electrons. The quantitative estimate of drug-likeness (QED) is 0.354. The molecule has 0 aliphatic carbocycles. The summed E-state index contributed by atoms with van der Waals surface area (Å²) in [5.74, 6) is 0.302. The minimum Gasteiger partial charge on any atom is -0.339 e. The lowest BCUT2D eigenvalue weighted by Crippen LogP contribution is -2.24. The highest BCUT2D eigenvalue weighted by atomic mass is 32.2. The minimum atomic E-state index is -3.29. The van der Waals surface area contributed by atoms with Crippen LogP contribution in [-0.4, -0.2) is 48.7 Å². The number of nitrogens with zero attached hydrogens (tertiary/aromatic N) is 6. The number of aryl methyl sites for hydroxylation is 1. The van der Waals surface area contributed by atoms with Gasteiger partial charge < -0.3 is 4.98 Å². The summed E-state index contributed by atoms with van der Waals surface area (Å²) < 4.78 is 40.4. The molecule has 5 heterocycles. The number of fused-ring (bicyclic) bond motifs is 1. The molecule has 0 unspecified atom stereocenters. The third-order valence-corrected chi connectivity index (χ3v) is 7.65. The van der Waals surface area contributed by atoms with Gasteiger partial charge in [-0.05, 0) is 54.4 Å². The Labute approximate surface area is 219 Å². The fraction of sp³-hybridized carbons (Fsp3) is 0.185. The van der Waals surface area contributed by atoms with Crippen LogP contribution in [0.5, 0.6) is 0 Å². The molecule has 1 aromatic carbocycles. The van der Waals surface area contributed by atoms with E-state index in [0.29, 0.717) is 23.8 Å². The van der Waals surface area contributed by atoms with Gasteiger partial charge in [0.05, 0.1) is 43.0 Å². The monoisotopic (exact) mass is 529 g/mol. The van der Waals surface area contributed by atoms with Crippen molar-refractivity contribution in [3.63, 3.8) is 0 Å². The number of pyridine rings is 2. The molecule has 0 fully saturated rings. The van der Waals surface area contributed by atoms with Gasteiger partial charge in [0.2, 0.25) is 10.0 Å². The van der Waals surface area contributed by atoms with Gasteiger partial charge in [0, 0.05) is 23.7 Å². The SMILES string of the molecule is Cc1cccc(-c2nn(Cc3ccc(F)cc3)cc2-c2ccnc(-c3nc4c([nH]3)CN(S(C)(=O)=O)C4)c2)n1. The Balaban J connectivity index is 1.37. The molecule has 9 nitrogen and oxygen atoms in total. The van der Waals surface area contributed by atoms with Gasteiger partial charge in [-0.2, -0.15) is 9.40 Å². The summed E-state index contributed by atoms with van der Waals surface area (Å²) in [6, 6.07) is 16.0. The molecule has 6 rings (SSSR count). The topological polar surface area (TPSA) is 110 Å². The number of nitrogens with one attached hydrogen (secondary N) is 1. The Kier molecular flexibility index (Phi) is 5.88. The predicted molar refractivity (Wildman–Crippen MR) is 141 cm³/mol. The van der Waals surface area contributed by atoms with E-state index in [1.807, 2.05) is 48.1 Å². The van der Waals surface area contributed by atoms with Gasteiger partial charge in [0.15, 0.2) is 5.82 Å². The lowest BCUT2D eigenvalue weighted by atomic mass is 10.0. The van der Waals surface area contributed by atoms with Gasteiger partial charge in [-0.1, -0.05) is 18.2 Å². The van der Waals surface area contributed by atoms with Gasteiger partial charge in [-0.3, -0.25) is 14.6 Å². The first-order valence-electron chi connectivity index (χ1n) is 12.0. The Hall–Kier alpha value is -4.22. The third-order valence-electron chi connectivity index (χ3n) is 6.46. The first-order chi connectivity index (χ1) is 18.2. The smallest absolute Gasteiger partial charge is 0.211 e. The highest BCUT2D eigenvalue weighted by Crippen LogP contribution is 2.33. The lowest BCUT2D eigenvalue weighted by molar-refractivity contribution is 0.431. The first-order valence-corrected chi connectivity index (χ1v) is 13.8. The molecule has 11 heteroatoms. The van der Waals surface area contributed by atoms with Crippen LogP contribution in [0.4, 0.5) is 4.39 Å². The molecule has 0 spiro atoms. The number of halogens is 1. The van der Waals surface area contributed by atoms with Crippen molar-refractivity contribution >= 4 is 10.0 Å². The number of benzene rings is 1. The highest BCUT2D eigenvalue weighted by molar-refractivity contribution is 7.88. The largest absolute Gasteiger partial charge is 0.339 e. The lowest BCUT2D eigenvalue weighted by Gasteiger charge is -2.11. The van der Waals surface area contributed by atoms with Crippen LogP contribution in [-0.2, 0) is 29.7 Å². The van der Waals surface area contributed by atoms with Crippen molar-refractivity contribution in [2.45, 2.75) is 26.6 Å². The van der Waals surface area contributed by atoms with E-state index in [-0.39, 0.29) is 18.9 Å². The fourth-order valence-electron chi connectivity index (χ4n) is 4.54. The number of sulfonamides is 1. The normalized spacial score (nSPS) is 13.7. The van der Waals surface area contributed by atoms with Crippen LogP contribution >= 0.6 is 0 Å².